The highest BCUT2D eigenvalue weighted by molar-refractivity contribution is 7.91. The molecule has 4 nitrogen and oxygen atoms in total. The molecule has 1 saturated heterocycles. The molecule has 2 aliphatic rings. The number of rotatable bonds is 4. The second-order valence-electron chi connectivity index (χ2n) is 5.90. The normalized spacial score (nSPS) is 22.0. The first-order valence-electron chi connectivity index (χ1n) is 7.51. The predicted molar refractivity (Wildman–Crippen MR) is 86.8 cm³/mol. The number of benzene rings is 1. The summed E-state index contributed by atoms with van der Waals surface area (Å²) in [6.07, 6.45) is 3.17. The zero-order valence-corrected chi connectivity index (χ0v) is 13.6. The fourth-order valence-electron chi connectivity index (χ4n) is 2.76. The number of nitrogens with one attached hydrogen (secondary N) is 1. The Morgan fingerprint density at radius 3 is 2.81 bits per heavy atom. The summed E-state index contributed by atoms with van der Waals surface area (Å²) in [5.74, 6) is 0.497. The van der Waals surface area contributed by atoms with Crippen LogP contribution in [0.3, 0.4) is 0 Å². The van der Waals surface area contributed by atoms with Crippen molar-refractivity contribution in [1.29, 1.82) is 0 Å². The van der Waals surface area contributed by atoms with E-state index in [1.54, 1.807) is 0 Å². The predicted octanol–water partition coefficient (Wildman–Crippen LogP) is 2.22. The van der Waals surface area contributed by atoms with Gasteiger partial charge in [-0.2, -0.15) is 0 Å². The topological polar surface area (TPSA) is 49.4 Å². The number of para-hydroxylation sites is 1. The highest BCUT2D eigenvalue weighted by atomic mass is 35.5. The van der Waals surface area contributed by atoms with E-state index in [4.69, 9.17) is 11.6 Å². The minimum Gasteiger partial charge on any atom is -0.369 e. The maximum absolute atomic E-state index is 11.8. The molecule has 116 valence electrons. The van der Waals surface area contributed by atoms with Crippen molar-refractivity contribution in [3.05, 3.63) is 28.8 Å². The molecule has 0 radical (unpaired) electrons. The molecule has 1 aliphatic carbocycles. The van der Waals surface area contributed by atoms with Gasteiger partial charge in [-0.15, -0.1) is 0 Å². The minimum absolute atomic E-state index is 0.216. The molecule has 0 bridgehead atoms. The van der Waals surface area contributed by atoms with Crippen molar-refractivity contribution in [3.8, 4) is 0 Å². The molecule has 1 saturated carbocycles. The first-order valence-corrected chi connectivity index (χ1v) is 9.71. The number of halogens is 1. The van der Waals surface area contributed by atoms with Gasteiger partial charge in [0.1, 0.15) is 0 Å². The van der Waals surface area contributed by atoms with Crippen LogP contribution in [0.1, 0.15) is 24.8 Å². The Bertz CT molecular complexity index is 614. The Hall–Kier alpha value is -0.780. The lowest BCUT2D eigenvalue weighted by Crippen LogP contribution is -2.29. The highest BCUT2D eigenvalue weighted by Gasteiger charge is 2.24. The largest absolute Gasteiger partial charge is 0.369 e. The van der Waals surface area contributed by atoms with Gasteiger partial charge in [-0.25, -0.2) is 8.42 Å². The van der Waals surface area contributed by atoms with E-state index in [9.17, 15) is 8.42 Å². The van der Waals surface area contributed by atoms with E-state index < -0.39 is 9.84 Å². The Labute approximate surface area is 131 Å². The van der Waals surface area contributed by atoms with E-state index in [2.05, 4.69) is 16.3 Å². The molecule has 0 atom stereocenters. The molecule has 1 N–H and O–H groups in total. The van der Waals surface area contributed by atoms with Crippen LogP contribution in [-0.2, 0) is 16.4 Å². The van der Waals surface area contributed by atoms with Crippen LogP contribution in [0.4, 0.5) is 5.69 Å². The van der Waals surface area contributed by atoms with E-state index in [0.717, 1.165) is 24.3 Å². The van der Waals surface area contributed by atoms with Crippen molar-refractivity contribution < 1.29 is 8.42 Å². The lowest BCUT2D eigenvalue weighted by Gasteiger charge is -2.26. The molecular formula is C15H21ClN2O2S. The van der Waals surface area contributed by atoms with Crippen LogP contribution < -0.4 is 10.2 Å². The van der Waals surface area contributed by atoms with E-state index in [0.29, 0.717) is 24.0 Å². The van der Waals surface area contributed by atoms with Crippen LogP contribution in [0, 0.1) is 0 Å². The monoisotopic (exact) mass is 328 g/mol. The number of anilines is 1. The Balaban J connectivity index is 1.81. The molecule has 21 heavy (non-hydrogen) atoms. The summed E-state index contributed by atoms with van der Waals surface area (Å²) in [4.78, 5) is 2.14. The molecule has 1 heterocycles. The van der Waals surface area contributed by atoms with Gasteiger partial charge in [-0.1, -0.05) is 23.7 Å². The highest BCUT2D eigenvalue weighted by Crippen LogP contribution is 2.31. The fraction of sp³-hybridized carbons (Fsp3) is 0.600. The smallest absolute Gasteiger partial charge is 0.152 e. The number of sulfone groups is 1. The number of hydrogen-bond donors (Lipinski definition) is 1. The zero-order valence-electron chi connectivity index (χ0n) is 12.0. The molecule has 2 fully saturated rings. The second-order valence-corrected chi connectivity index (χ2v) is 8.61. The number of hydrogen-bond acceptors (Lipinski definition) is 4. The Morgan fingerprint density at radius 1 is 1.24 bits per heavy atom. The summed E-state index contributed by atoms with van der Waals surface area (Å²) in [5.41, 5.74) is 2.16. The maximum Gasteiger partial charge on any atom is 0.152 e. The van der Waals surface area contributed by atoms with Crippen LogP contribution in [0.5, 0.6) is 0 Å². The van der Waals surface area contributed by atoms with Crippen LogP contribution in [0.25, 0.3) is 0 Å². The van der Waals surface area contributed by atoms with Crippen LogP contribution >= 0.6 is 11.6 Å². The third kappa shape index (κ3) is 3.90. The van der Waals surface area contributed by atoms with E-state index in [1.165, 1.54) is 12.8 Å². The molecule has 0 unspecified atom stereocenters. The van der Waals surface area contributed by atoms with E-state index in [-0.39, 0.29) is 11.5 Å². The van der Waals surface area contributed by atoms with Gasteiger partial charge in [-0.3, -0.25) is 0 Å². The van der Waals surface area contributed by atoms with Crippen molar-refractivity contribution in [2.45, 2.75) is 31.8 Å². The van der Waals surface area contributed by atoms with Gasteiger partial charge in [0.25, 0.3) is 0 Å². The van der Waals surface area contributed by atoms with Crippen molar-refractivity contribution in [2.24, 2.45) is 0 Å². The van der Waals surface area contributed by atoms with Crippen LogP contribution in [0.15, 0.2) is 18.2 Å². The molecule has 1 aliphatic heterocycles. The summed E-state index contributed by atoms with van der Waals surface area (Å²) in [6.45, 7) is 2.08. The molecular weight excluding hydrogens is 308 g/mol. The maximum atomic E-state index is 11.8. The molecule has 0 amide bonds. The van der Waals surface area contributed by atoms with Gasteiger partial charge in [0.15, 0.2) is 9.84 Å². The summed E-state index contributed by atoms with van der Waals surface area (Å²) >= 11 is 6.40. The van der Waals surface area contributed by atoms with E-state index in [1.807, 2.05) is 12.1 Å². The van der Waals surface area contributed by atoms with Crippen molar-refractivity contribution in [2.75, 3.05) is 29.5 Å². The SMILES string of the molecule is O=S1(=O)CCCN(c2c(Cl)cccc2CNC2CC2)CC1. The minimum atomic E-state index is -2.90. The molecule has 0 spiro atoms. The van der Waals surface area contributed by atoms with Crippen molar-refractivity contribution in [3.63, 3.8) is 0 Å². The third-order valence-corrected chi connectivity index (χ3v) is 6.12. The van der Waals surface area contributed by atoms with Crippen molar-refractivity contribution >= 4 is 27.1 Å². The Kier molecular flexibility index (Phi) is 4.43. The fourth-order valence-corrected chi connectivity index (χ4v) is 4.35. The van der Waals surface area contributed by atoms with Gasteiger partial charge < -0.3 is 10.2 Å². The van der Waals surface area contributed by atoms with Gasteiger partial charge >= 0.3 is 0 Å². The quantitative estimate of drug-likeness (QED) is 0.920. The summed E-state index contributed by atoms with van der Waals surface area (Å²) in [6, 6.07) is 6.57. The van der Waals surface area contributed by atoms with Crippen LogP contribution in [-0.4, -0.2) is 39.1 Å². The standard InChI is InChI=1S/C15H21ClN2O2S/c16-14-4-1-3-12(11-17-13-5-6-13)15(14)18-7-2-9-21(19,20)10-8-18/h1,3-4,13,17H,2,5-11H2. The van der Waals surface area contributed by atoms with Gasteiger partial charge in [0, 0.05) is 25.7 Å². The summed E-state index contributed by atoms with van der Waals surface area (Å²) in [5, 5.41) is 4.22. The first kappa shape index (κ1) is 15.1. The summed E-state index contributed by atoms with van der Waals surface area (Å²) in [7, 11) is -2.90. The molecule has 3 rings (SSSR count). The Morgan fingerprint density at radius 2 is 2.05 bits per heavy atom. The van der Waals surface area contributed by atoms with E-state index >= 15 is 0 Å². The average Bonchev–Trinajstić information content (AvgIpc) is 3.25. The van der Waals surface area contributed by atoms with Gasteiger partial charge in [-0.05, 0) is 30.9 Å². The first-order chi connectivity index (χ1) is 10.1. The average molecular weight is 329 g/mol. The summed E-state index contributed by atoms with van der Waals surface area (Å²) < 4.78 is 23.5. The molecule has 1 aromatic rings. The zero-order chi connectivity index (χ0) is 14.9. The lowest BCUT2D eigenvalue weighted by molar-refractivity contribution is 0.597. The van der Waals surface area contributed by atoms with Gasteiger partial charge in [0.05, 0.1) is 22.2 Å². The molecule has 0 aromatic heterocycles. The molecule has 1 aromatic carbocycles. The van der Waals surface area contributed by atoms with Crippen molar-refractivity contribution in [1.82, 2.24) is 5.32 Å². The second kappa shape index (κ2) is 6.15. The number of nitrogens with zero attached hydrogens (tertiary/aromatic N) is 1. The third-order valence-electron chi connectivity index (χ3n) is 4.10. The lowest BCUT2D eigenvalue weighted by atomic mass is 10.1. The van der Waals surface area contributed by atoms with Crippen LogP contribution in [0.2, 0.25) is 5.02 Å². The van der Waals surface area contributed by atoms with Gasteiger partial charge in [0.2, 0.25) is 0 Å². The molecule has 6 heteroatoms.